The van der Waals surface area contributed by atoms with Crippen LogP contribution in [0.1, 0.15) is 38.1 Å². The number of benzene rings is 1. The van der Waals surface area contributed by atoms with E-state index in [4.69, 9.17) is 4.74 Å². The molecule has 4 heteroatoms. The Labute approximate surface area is 138 Å². The molecule has 4 nitrogen and oxygen atoms in total. The van der Waals surface area contributed by atoms with Gasteiger partial charge in [-0.05, 0) is 38.5 Å². The van der Waals surface area contributed by atoms with E-state index < -0.39 is 6.10 Å². The Morgan fingerprint density at radius 2 is 1.78 bits per heavy atom. The first-order valence-corrected chi connectivity index (χ1v) is 7.97. The van der Waals surface area contributed by atoms with E-state index >= 15 is 0 Å². The third-order valence-electron chi connectivity index (χ3n) is 3.38. The molecule has 0 bridgehead atoms. The minimum Gasteiger partial charge on any atom is -0.389 e. The quantitative estimate of drug-likeness (QED) is 0.825. The van der Waals surface area contributed by atoms with Gasteiger partial charge in [0.2, 0.25) is 0 Å². The molecule has 1 aromatic carbocycles. The van der Waals surface area contributed by atoms with Gasteiger partial charge >= 0.3 is 0 Å². The largest absolute Gasteiger partial charge is 0.389 e. The van der Waals surface area contributed by atoms with Crippen LogP contribution in [0.5, 0.6) is 0 Å². The standard InChI is InChI=1S/C19H26N2O2/c1-19(2,3)23-14-16(22)13-21-18(15-9-5-4-6-10-15)17-11-7-8-12-20-17/h4-12,16,18,21-22H,13-14H2,1-3H3. The van der Waals surface area contributed by atoms with Gasteiger partial charge < -0.3 is 15.2 Å². The number of aromatic nitrogens is 1. The summed E-state index contributed by atoms with van der Waals surface area (Å²) < 4.78 is 5.63. The zero-order chi connectivity index (χ0) is 16.7. The average Bonchev–Trinajstić information content (AvgIpc) is 2.54. The molecule has 1 heterocycles. The summed E-state index contributed by atoms with van der Waals surface area (Å²) in [6.07, 6.45) is 1.22. The highest BCUT2D eigenvalue weighted by atomic mass is 16.5. The number of aliphatic hydroxyl groups excluding tert-OH is 1. The van der Waals surface area contributed by atoms with Crippen molar-refractivity contribution in [3.63, 3.8) is 0 Å². The van der Waals surface area contributed by atoms with Crippen LogP contribution in [0, 0.1) is 0 Å². The second-order valence-electron chi connectivity index (χ2n) is 6.58. The van der Waals surface area contributed by atoms with Crippen LogP contribution >= 0.6 is 0 Å². The molecule has 0 radical (unpaired) electrons. The van der Waals surface area contributed by atoms with Gasteiger partial charge in [0.25, 0.3) is 0 Å². The number of nitrogens with zero attached hydrogens (tertiary/aromatic N) is 1. The Balaban J connectivity index is 2.02. The average molecular weight is 314 g/mol. The fraction of sp³-hybridized carbons (Fsp3) is 0.421. The molecule has 0 saturated carbocycles. The van der Waals surface area contributed by atoms with E-state index in [1.165, 1.54) is 0 Å². The molecule has 0 saturated heterocycles. The van der Waals surface area contributed by atoms with E-state index in [2.05, 4.69) is 22.4 Å². The van der Waals surface area contributed by atoms with E-state index in [-0.39, 0.29) is 11.6 Å². The van der Waals surface area contributed by atoms with Crippen molar-refractivity contribution in [2.45, 2.75) is 38.5 Å². The molecule has 0 fully saturated rings. The lowest BCUT2D eigenvalue weighted by molar-refractivity contribution is -0.0482. The Morgan fingerprint density at radius 1 is 1.09 bits per heavy atom. The molecule has 2 atom stereocenters. The molecule has 0 amide bonds. The van der Waals surface area contributed by atoms with Crippen LogP contribution in [0.15, 0.2) is 54.7 Å². The van der Waals surface area contributed by atoms with Crippen molar-refractivity contribution in [3.8, 4) is 0 Å². The van der Waals surface area contributed by atoms with Gasteiger partial charge in [-0.1, -0.05) is 36.4 Å². The smallest absolute Gasteiger partial charge is 0.0898 e. The third kappa shape index (κ3) is 6.10. The number of aliphatic hydroxyl groups is 1. The van der Waals surface area contributed by atoms with E-state index in [1.807, 2.05) is 57.2 Å². The number of nitrogens with one attached hydrogen (secondary N) is 1. The summed E-state index contributed by atoms with van der Waals surface area (Å²) in [5.41, 5.74) is 1.80. The highest BCUT2D eigenvalue weighted by Crippen LogP contribution is 2.19. The zero-order valence-corrected chi connectivity index (χ0v) is 14.1. The van der Waals surface area contributed by atoms with Crippen molar-refractivity contribution in [2.75, 3.05) is 13.2 Å². The normalized spacial score (nSPS) is 14.4. The topological polar surface area (TPSA) is 54.4 Å². The second-order valence-corrected chi connectivity index (χ2v) is 6.58. The van der Waals surface area contributed by atoms with E-state index in [9.17, 15) is 5.11 Å². The lowest BCUT2D eigenvalue weighted by Crippen LogP contribution is -2.36. The molecular weight excluding hydrogens is 288 g/mol. The predicted molar refractivity (Wildman–Crippen MR) is 92.2 cm³/mol. The first kappa shape index (κ1) is 17.6. The Bertz CT molecular complexity index is 527. The molecule has 23 heavy (non-hydrogen) atoms. The number of hydrogen-bond donors (Lipinski definition) is 2. The zero-order valence-electron chi connectivity index (χ0n) is 14.1. The fourth-order valence-corrected chi connectivity index (χ4v) is 2.24. The van der Waals surface area contributed by atoms with E-state index in [0.717, 1.165) is 11.3 Å². The third-order valence-corrected chi connectivity index (χ3v) is 3.38. The Kier molecular flexibility index (Phi) is 6.28. The van der Waals surface area contributed by atoms with Crippen LogP contribution in [0.3, 0.4) is 0 Å². The minimum atomic E-state index is -0.566. The van der Waals surface area contributed by atoms with Crippen molar-refractivity contribution in [3.05, 3.63) is 66.0 Å². The Morgan fingerprint density at radius 3 is 2.39 bits per heavy atom. The summed E-state index contributed by atoms with van der Waals surface area (Å²) in [5.74, 6) is 0. The summed E-state index contributed by atoms with van der Waals surface area (Å²) in [6.45, 7) is 6.68. The van der Waals surface area contributed by atoms with E-state index in [0.29, 0.717) is 13.2 Å². The summed E-state index contributed by atoms with van der Waals surface area (Å²) in [7, 11) is 0. The molecule has 2 unspecified atom stereocenters. The minimum absolute atomic E-state index is 0.0540. The number of pyridine rings is 1. The van der Waals surface area contributed by atoms with Crippen LogP contribution in [0.25, 0.3) is 0 Å². The monoisotopic (exact) mass is 314 g/mol. The van der Waals surface area contributed by atoms with Crippen molar-refractivity contribution < 1.29 is 9.84 Å². The lowest BCUT2D eigenvalue weighted by Gasteiger charge is -2.24. The second kappa shape index (κ2) is 8.20. The van der Waals surface area contributed by atoms with Gasteiger partial charge in [-0.15, -0.1) is 0 Å². The summed E-state index contributed by atoms with van der Waals surface area (Å²) in [6, 6.07) is 15.9. The van der Waals surface area contributed by atoms with Crippen molar-refractivity contribution in [2.24, 2.45) is 0 Å². The molecule has 2 rings (SSSR count). The van der Waals surface area contributed by atoms with Crippen molar-refractivity contribution >= 4 is 0 Å². The van der Waals surface area contributed by atoms with Crippen LogP contribution in [-0.4, -0.2) is 34.9 Å². The molecule has 0 spiro atoms. The maximum absolute atomic E-state index is 10.1. The van der Waals surface area contributed by atoms with Crippen LogP contribution in [0.2, 0.25) is 0 Å². The molecule has 2 aromatic rings. The summed E-state index contributed by atoms with van der Waals surface area (Å²) in [5, 5.41) is 13.5. The van der Waals surface area contributed by atoms with Crippen LogP contribution in [-0.2, 0) is 4.74 Å². The first-order chi connectivity index (χ1) is 11.0. The highest BCUT2D eigenvalue weighted by Gasteiger charge is 2.18. The van der Waals surface area contributed by atoms with Gasteiger partial charge in [-0.2, -0.15) is 0 Å². The maximum Gasteiger partial charge on any atom is 0.0898 e. The molecule has 0 aliphatic rings. The van der Waals surface area contributed by atoms with Crippen molar-refractivity contribution in [1.82, 2.24) is 10.3 Å². The highest BCUT2D eigenvalue weighted by molar-refractivity contribution is 5.27. The number of rotatable bonds is 7. The molecular formula is C19H26N2O2. The van der Waals surface area contributed by atoms with Crippen molar-refractivity contribution in [1.29, 1.82) is 0 Å². The van der Waals surface area contributed by atoms with Gasteiger partial charge in [-0.25, -0.2) is 0 Å². The molecule has 0 aliphatic carbocycles. The summed E-state index contributed by atoms with van der Waals surface area (Å²) >= 11 is 0. The predicted octanol–water partition coefficient (Wildman–Crippen LogP) is 2.94. The molecule has 124 valence electrons. The van der Waals surface area contributed by atoms with Crippen LogP contribution in [0.4, 0.5) is 0 Å². The van der Waals surface area contributed by atoms with Gasteiger partial charge in [0.1, 0.15) is 0 Å². The van der Waals surface area contributed by atoms with Gasteiger partial charge in [0.05, 0.1) is 30.0 Å². The fourth-order valence-electron chi connectivity index (χ4n) is 2.24. The summed E-state index contributed by atoms with van der Waals surface area (Å²) in [4.78, 5) is 4.44. The van der Waals surface area contributed by atoms with E-state index in [1.54, 1.807) is 6.20 Å². The van der Waals surface area contributed by atoms with Gasteiger partial charge in [0, 0.05) is 12.7 Å². The van der Waals surface area contributed by atoms with Gasteiger partial charge in [0.15, 0.2) is 0 Å². The van der Waals surface area contributed by atoms with Crippen LogP contribution < -0.4 is 5.32 Å². The molecule has 1 aromatic heterocycles. The number of ether oxygens (including phenoxy) is 1. The molecule has 0 aliphatic heterocycles. The lowest BCUT2D eigenvalue weighted by atomic mass is 10.0. The first-order valence-electron chi connectivity index (χ1n) is 7.97. The Hall–Kier alpha value is -1.75. The SMILES string of the molecule is CC(C)(C)OCC(O)CNC(c1ccccc1)c1ccccn1. The molecule has 2 N–H and O–H groups in total. The number of hydrogen-bond acceptors (Lipinski definition) is 4. The maximum atomic E-state index is 10.1. The van der Waals surface area contributed by atoms with Gasteiger partial charge in [-0.3, -0.25) is 4.98 Å².